The van der Waals surface area contributed by atoms with Gasteiger partial charge in [0.1, 0.15) is 6.07 Å². The summed E-state index contributed by atoms with van der Waals surface area (Å²) < 4.78 is 0. The van der Waals surface area contributed by atoms with Crippen LogP contribution < -0.4 is 5.32 Å². The van der Waals surface area contributed by atoms with Crippen molar-refractivity contribution in [3.05, 3.63) is 52.7 Å². The lowest BCUT2D eigenvalue weighted by Gasteiger charge is -2.31. The molecule has 128 valence electrons. The van der Waals surface area contributed by atoms with E-state index in [4.69, 9.17) is 16.9 Å². The summed E-state index contributed by atoms with van der Waals surface area (Å²) in [5.74, 6) is 0.316. The van der Waals surface area contributed by atoms with Crippen LogP contribution in [-0.4, -0.2) is 34.1 Å². The number of nitrogens with zero attached hydrogens (tertiary/aromatic N) is 4. The molecule has 1 amide bonds. The minimum atomic E-state index is -0.0369. The standard InChI is InChI=1S/C18H18ClN5O/c19-15-3-1-13(2-4-15)12-24-9-7-14(8-10-24)18(25)21-17-6-5-16(11-20)22-23-17/h1-6,14H,7-10,12H2,(H,21,23,25). The number of likely N-dealkylation sites (tertiary alicyclic amines) is 1. The molecule has 6 nitrogen and oxygen atoms in total. The monoisotopic (exact) mass is 355 g/mol. The molecule has 0 aliphatic carbocycles. The van der Waals surface area contributed by atoms with Crippen molar-refractivity contribution in [3.63, 3.8) is 0 Å². The summed E-state index contributed by atoms with van der Waals surface area (Å²) in [4.78, 5) is 14.7. The average Bonchev–Trinajstić information content (AvgIpc) is 2.65. The normalized spacial score (nSPS) is 15.5. The van der Waals surface area contributed by atoms with Crippen LogP contribution in [0.3, 0.4) is 0 Å². The second-order valence-corrected chi connectivity index (χ2v) is 6.52. The Morgan fingerprint density at radius 3 is 2.52 bits per heavy atom. The van der Waals surface area contributed by atoms with E-state index in [2.05, 4.69) is 20.4 Å². The number of carbonyl (C=O) groups excluding carboxylic acids is 1. The number of benzene rings is 1. The summed E-state index contributed by atoms with van der Waals surface area (Å²) in [5, 5.41) is 19.8. The quantitative estimate of drug-likeness (QED) is 0.911. The predicted octanol–water partition coefficient (Wildman–Crippen LogP) is 2.85. The van der Waals surface area contributed by atoms with Crippen LogP contribution in [0.4, 0.5) is 5.82 Å². The first-order valence-corrected chi connectivity index (χ1v) is 8.53. The Hall–Kier alpha value is -2.49. The van der Waals surface area contributed by atoms with Crippen LogP contribution in [-0.2, 0) is 11.3 Å². The Labute approximate surface area is 151 Å². The third kappa shape index (κ3) is 4.75. The van der Waals surface area contributed by atoms with Crippen LogP contribution in [0.25, 0.3) is 0 Å². The Morgan fingerprint density at radius 1 is 1.20 bits per heavy atom. The number of nitrogens with one attached hydrogen (secondary N) is 1. The zero-order valence-corrected chi connectivity index (χ0v) is 14.4. The van der Waals surface area contributed by atoms with Gasteiger partial charge in [-0.1, -0.05) is 23.7 Å². The maximum Gasteiger partial charge on any atom is 0.228 e. The fourth-order valence-corrected chi connectivity index (χ4v) is 3.01. The Balaban J connectivity index is 1.48. The highest BCUT2D eigenvalue weighted by Crippen LogP contribution is 2.21. The molecule has 0 radical (unpaired) electrons. The van der Waals surface area contributed by atoms with Gasteiger partial charge in [-0.25, -0.2) is 0 Å². The number of anilines is 1. The summed E-state index contributed by atoms with van der Waals surface area (Å²) in [6.07, 6.45) is 1.62. The number of hydrogen-bond donors (Lipinski definition) is 1. The molecule has 3 rings (SSSR count). The van der Waals surface area contributed by atoms with Gasteiger partial charge in [-0.05, 0) is 55.8 Å². The molecular weight excluding hydrogens is 338 g/mol. The van der Waals surface area contributed by atoms with Gasteiger partial charge in [0.2, 0.25) is 5.91 Å². The highest BCUT2D eigenvalue weighted by atomic mass is 35.5. The van der Waals surface area contributed by atoms with Gasteiger partial charge in [0.25, 0.3) is 0 Å². The third-order valence-electron chi connectivity index (χ3n) is 4.31. The summed E-state index contributed by atoms with van der Waals surface area (Å²) in [5.41, 5.74) is 1.45. The van der Waals surface area contributed by atoms with E-state index in [-0.39, 0.29) is 17.5 Å². The minimum absolute atomic E-state index is 0.0288. The van der Waals surface area contributed by atoms with Gasteiger partial charge in [0, 0.05) is 17.5 Å². The van der Waals surface area contributed by atoms with Crippen LogP contribution >= 0.6 is 11.6 Å². The van der Waals surface area contributed by atoms with E-state index in [1.807, 2.05) is 30.3 Å². The van der Waals surface area contributed by atoms with E-state index in [0.717, 1.165) is 37.5 Å². The van der Waals surface area contributed by atoms with E-state index in [9.17, 15) is 4.79 Å². The van der Waals surface area contributed by atoms with E-state index in [1.54, 1.807) is 6.07 Å². The number of hydrogen-bond acceptors (Lipinski definition) is 5. The molecule has 1 N–H and O–H groups in total. The van der Waals surface area contributed by atoms with Gasteiger partial charge < -0.3 is 5.32 Å². The number of halogens is 1. The molecule has 7 heteroatoms. The molecule has 1 aromatic heterocycles. The van der Waals surface area contributed by atoms with Crippen molar-refractivity contribution in [2.75, 3.05) is 18.4 Å². The number of rotatable bonds is 4. The molecule has 0 saturated carbocycles. The first kappa shape index (κ1) is 17.3. The third-order valence-corrected chi connectivity index (χ3v) is 4.56. The van der Waals surface area contributed by atoms with E-state index < -0.39 is 0 Å². The lowest BCUT2D eigenvalue weighted by molar-refractivity contribution is -0.121. The molecule has 1 aliphatic heterocycles. The molecule has 0 atom stereocenters. The van der Waals surface area contributed by atoms with Crippen LogP contribution in [0.15, 0.2) is 36.4 Å². The van der Waals surface area contributed by atoms with Crippen LogP contribution in [0.1, 0.15) is 24.1 Å². The van der Waals surface area contributed by atoms with E-state index >= 15 is 0 Å². The number of amides is 1. The van der Waals surface area contributed by atoms with Gasteiger partial charge in [0.15, 0.2) is 11.5 Å². The molecule has 1 fully saturated rings. The summed E-state index contributed by atoms with van der Waals surface area (Å²) in [6, 6.07) is 12.9. The predicted molar refractivity (Wildman–Crippen MR) is 94.8 cm³/mol. The van der Waals surface area contributed by atoms with Gasteiger partial charge in [-0.3, -0.25) is 9.69 Å². The summed E-state index contributed by atoms with van der Waals surface area (Å²) >= 11 is 5.91. The fraction of sp³-hybridized carbons (Fsp3) is 0.333. The maximum atomic E-state index is 12.3. The smallest absolute Gasteiger partial charge is 0.228 e. The molecule has 2 heterocycles. The molecule has 0 unspecified atom stereocenters. The molecule has 1 aromatic carbocycles. The molecule has 0 bridgehead atoms. The Morgan fingerprint density at radius 2 is 1.92 bits per heavy atom. The molecule has 1 aliphatic rings. The second kappa shape index (κ2) is 8.06. The van der Waals surface area contributed by atoms with Crippen molar-refractivity contribution >= 4 is 23.3 Å². The zero-order valence-electron chi connectivity index (χ0n) is 13.7. The van der Waals surface area contributed by atoms with Gasteiger partial charge >= 0.3 is 0 Å². The number of piperidine rings is 1. The van der Waals surface area contributed by atoms with Gasteiger partial charge in [0.05, 0.1) is 0 Å². The first-order chi connectivity index (χ1) is 12.1. The van der Waals surface area contributed by atoms with E-state index in [0.29, 0.717) is 5.82 Å². The fourth-order valence-electron chi connectivity index (χ4n) is 2.89. The van der Waals surface area contributed by atoms with Gasteiger partial charge in [-0.2, -0.15) is 5.26 Å². The lowest BCUT2D eigenvalue weighted by Crippen LogP contribution is -2.37. The molecule has 0 spiro atoms. The van der Waals surface area contributed by atoms with Crippen LogP contribution in [0.2, 0.25) is 5.02 Å². The van der Waals surface area contributed by atoms with Crippen molar-refractivity contribution in [3.8, 4) is 6.07 Å². The highest BCUT2D eigenvalue weighted by molar-refractivity contribution is 6.30. The van der Waals surface area contributed by atoms with Crippen LogP contribution in [0, 0.1) is 17.2 Å². The largest absolute Gasteiger partial charge is 0.309 e. The van der Waals surface area contributed by atoms with Crippen LogP contribution in [0.5, 0.6) is 0 Å². The molecule has 1 saturated heterocycles. The average molecular weight is 356 g/mol. The zero-order chi connectivity index (χ0) is 17.6. The van der Waals surface area contributed by atoms with Crippen molar-refractivity contribution in [1.29, 1.82) is 5.26 Å². The number of aromatic nitrogens is 2. The topological polar surface area (TPSA) is 81.9 Å². The van der Waals surface area contributed by atoms with E-state index in [1.165, 1.54) is 11.6 Å². The van der Waals surface area contributed by atoms with Crippen molar-refractivity contribution in [2.24, 2.45) is 5.92 Å². The molecular formula is C18H18ClN5O. The second-order valence-electron chi connectivity index (χ2n) is 6.08. The van der Waals surface area contributed by atoms with Crippen molar-refractivity contribution < 1.29 is 4.79 Å². The van der Waals surface area contributed by atoms with Crippen molar-refractivity contribution in [1.82, 2.24) is 15.1 Å². The van der Waals surface area contributed by atoms with Gasteiger partial charge in [-0.15, -0.1) is 10.2 Å². The number of carbonyl (C=O) groups is 1. The molecule has 2 aromatic rings. The summed E-state index contributed by atoms with van der Waals surface area (Å²) in [6.45, 7) is 2.62. The Kier molecular flexibility index (Phi) is 5.59. The summed E-state index contributed by atoms with van der Waals surface area (Å²) in [7, 11) is 0. The van der Waals surface area contributed by atoms with Crippen molar-refractivity contribution in [2.45, 2.75) is 19.4 Å². The lowest BCUT2D eigenvalue weighted by atomic mass is 9.95. The minimum Gasteiger partial charge on any atom is -0.309 e. The Bertz CT molecular complexity index is 762. The number of nitriles is 1. The first-order valence-electron chi connectivity index (χ1n) is 8.15. The maximum absolute atomic E-state index is 12.3. The molecule has 25 heavy (non-hydrogen) atoms. The SMILES string of the molecule is N#Cc1ccc(NC(=O)C2CCN(Cc3ccc(Cl)cc3)CC2)nn1. The highest BCUT2D eigenvalue weighted by Gasteiger charge is 2.25.